The Hall–Kier alpha value is -3.36. The van der Waals surface area contributed by atoms with Crippen molar-refractivity contribution in [2.75, 3.05) is 5.32 Å². The van der Waals surface area contributed by atoms with Crippen molar-refractivity contribution in [1.82, 2.24) is 4.98 Å². The van der Waals surface area contributed by atoms with Gasteiger partial charge in [0, 0.05) is 27.7 Å². The number of halogens is 1. The van der Waals surface area contributed by atoms with Crippen molar-refractivity contribution in [2.45, 2.75) is 6.92 Å². The first-order valence-corrected chi connectivity index (χ1v) is 10.9. The third-order valence-electron chi connectivity index (χ3n) is 4.60. The zero-order valence-corrected chi connectivity index (χ0v) is 18.7. The Labute approximate surface area is 190 Å². The Morgan fingerprint density at radius 3 is 2.35 bits per heavy atom. The Kier molecular flexibility index (Phi) is 5.92. The molecule has 0 aliphatic rings. The number of aryl methyl sites for hydroxylation is 1. The number of non-ortho nitro benzene ring substituents is 1. The van der Waals surface area contributed by atoms with Crippen molar-refractivity contribution in [3.8, 4) is 21.7 Å². The molecule has 0 spiro atoms. The standard InChI is InChI=1S/C23H16BrN3O3S/c1-14-5-7-15(8-6-14)20-21(16-9-11-19(12-10-16)27(29)30)31-23(25-20)26-22(28)17-3-2-4-18(24)13-17/h2-13H,1H3,(H,25,26,28). The summed E-state index contributed by atoms with van der Waals surface area (Å²) in [4.78, 5) is 28.7. The number of nitrogens with zero attached hydrogens (tertiary/aromatic N) is 2. The molecule has 0 radical (unpaired) electrons. The number of thiazole rings is 1. The van der Waals surface area contributed by atoms with Crippen molar-refractivity contribution in [3.63, 3.8) is 0 Å². The predicted molar refractivity (Wildman–Crippen MR) is 126 cm³/mol. The average molecular weight is 494 g/mol. The lowest BCUT2D eigenvalue weighted by Crippen LogP contribution is -2.11. The van der Waals surface area contributed by atoms with Crippen LogP contribution in [0.3, 0.4) is 0 Å². The molecule has 8 heteroatoms. The lowest BCUT2D eigenvalue weighted by atomic mass is 10.1. The van der Waals surface area contributed by atoms with E-state index in [9.17, 15) is 14.9 Å². The molecule has 154 valence electrons. The van der Waals surface area contributed by atoms with Crippen LogP contribution in [0.4, 0.5) is 10.8 Å². The molecule has 1 aromatic heterocycles. The number of carbonyl (C=O) groups excluding carboxylic acids is 1. The maximum atomic E-state index is 12.7. The van der Waals surface area contributed by atoms with Gasteiger partial charge in [0.15, 0.2) is 5.13 Å². The minimum Gasteiger partial charge on any atom is -0.298 e. The number of hydrogen-bond acceptors (Lipinski definition) is 5. The van der Waals surface area contributed by atoms with E-state index in [4.69, 9.17) is 0 Å². The molecule has 0 saturated carbocycles. The number of anilines is 1. The Morgan fingerprint density at radius 1 is 1.03 bits per heavy atom. The third kappa shape index (κ3) is 4.70. The van der Waals surface area contributed by atoms with Crippen LogP contribution in [0.2, 0.25) is 0 Å². The summed E-state index contributed by atoms with van der Waals surface area (Å²) in [6.07, 6.45) is 0. The van der Waals surface area contributed by atoms with Gasteiger partial charge in [-0.1, -0.05) is 63.2 Å². The lowest BCUT2D eigenvalue weighted by molar-refractivity contribution is -0.384. The summed E-state index contributed by atoms with van der Waals surface area (Å²) in [7, 11) is 0. The molecule has 4 rings (SSSR count). The first-order chi connectivity index (χ1) is 14.9. The van der Waals surface area contributed by atoms with E-state index in [0.29, 0.717) is 16.4 Å². The average Bonchev–Trinajstić information content (AvgIpc) is 3.18. The molecule has 4 aromatic rings. The molecule has 0 fully saturated rings. The summed E-state index contributed by atoms with van der Waals surface area (Å²) in [5.41, 5.74) is 4.06. The Balaban J connectivity index is 1.74. The van der Waals surface area contributed by atoms with Gasteiger partial charge in [0.25, 0.3) is 11.6 Å². The quantitative estimate of drug-likeness (QED) is 0.247. The number of carbonyl (C=O) groups is 1. The van der Waals surface area contributed by atoms with E-state index in [1.54, 1.807) is 30.3 Å². The SMILES string of the molecule is Cc1ccc(-c2nc(NC(=O)c3cccc(Br)c3)sc2-c2ccc([N+](=O)[O-])cc2)cc1. The zero-order valence-electron chi connectivity index (χ0n) is 16.3. The molecule has 1 N–H and O–H groups in total. The van der Waals surface area contributed by atoms with Crippen LogP contribution in [0, 0.1) is 17.0 Å². The van der Waals surface area contributed by atoms with E-state index in [1.165, 1.54) is 23.5 Å². The minimum absolute atomic E-state index is 0.0216. The van der Waals surface area contributed by atoms with Crippen molar-refractivity contribution >= 4 is 44.0 Å². The van der Waals surface area contributed by atoms with Gasteiger partial charge in [-0.15, -0.1) is 0 Å². The monoisotopic (exact) mass is 493 g/mol. The Bertz CT molecular complexity index is 1270. The number of nitro groups is 1. The van der Waals surface area contributed by atoms with Gasteiger partial charge >= 0.3 is 0 Å². The van der Waals surface area contributed by atoms with Gasteiger partial charge < -0.3 is 0 Å². The minimum atomic E-state index is -0.430. The van der Waals surface area contributed by atoms with Crippen LogP contribution in [0.1, 0.15) is 15.9 Å². The molecule has 0 atom stereocenters. The zero-order chi connectivity index (χ0) is 22.0. The van der Waals surface area contributed by atoms with Crippen molar-refractivity contribution in [2.24, 2.45) is 0 Å². The summed E-state index contributed by atoms with van der Waals surface area (Å²) in [6, 6.07) is 21.4. The van der Waals surface area contributed by atoms with Crippen LogP contribution in [0.25, 0.3) is 21.7 Å². The number of nitro benzene ring substituents is 1. The molecule has 6 nitrogen and oxygen atoms in total. The fourth-order valence-electron chi connectivity index (χ4n) is 3.01. The van der Waals surface area contributed by atoms with Crippen LogP contribution < -0.4 is 5.32 Å². The second-order valence-electron chi connectivity index (χ2n) is 6.83. The molecule has 0 aliphatic carbocycles. The highest BCUT2D eigenvalue weighted by Crippen LogP contribution is 2.39. The van der Waals surface area contributed by atoms with Crippen molar-refractivity contribution in [1.29, 1.82) is 0 Å². The van der Waals surface area contributed by atoms with Gasteiger partial charge in [-0.3, -0.25) is 20.2 Å². The Morgan fingerprint density at radius 2 is 1.71 bits per heavy atom. The molecular formula is C23H16BrN3O3S. The highest BCUT2D eigenvalue weighted by atomic mass is 79.9. The summed E-state index contributed by atoms with van der Waals surface area (Å²) in [5.74, 6) is -0.263. The number of hydrogen-bond donors (Lipinski definition) is 1. The van der Waals surface area contributed by atoms with Gasteiger partial charge in [-0.2, -0.15) is 0 Å². The first-order valence-electron chi connectivity index (χ1n) is 9.30. The maximum Gasteiger partial charge on any atom is 0.269 e. The molecule has 1 heterocycles. The third-order valence-corrected chi connectivity index (χ3v) is 6.11. The van der Waals surface area contributed by atoms with Gasteiger partial charge in [-0.05, 0) is 42.8 Å². The van der Waals surface area contributed by atoms with Crippen LogP contribution in [0.5, 0.6) is 0 Å². The van der Waals surface area contributed by atoms with Crippen molar-refractivity contribution in [3.05, 3.63) is 98.5 Å². The second kappa shape index (κ2) is 8.79. The second-order valence-corrected chi connectivity index (χ2v) is 8.75. The smallest absolute Gasteiger partial charge is 0.269 e. The van der Waals surface area contributed by atoms with Gasteiger partial charge in [0.2, 0.25) is 0 Å². The fraction of sp³-hybridized carbons (Fsp3) is 0.0435. The van der Waals surface area contributed by atoms with E-state index >= 15 is 0 Å². The maximum absolute atomic E-state index is 12.7. The van der Waals surface area contributed by atoms with Crippen LogP contribution in [0.15, 0.2) is 77.3 Å². The van der Waals surface area contributed by atoms with Gasteiger partial charge in [0.1, 0.15) is 0 Å². The molecule has 0 bridgehead atoms. The number of rotatable bonds is 5. The molecule has 0 aliphatic heterocycles. The topological polar surface area (TPSA) is 85.1 Å². The molecule has 0 saturated heterocycles. The molecule has 1 amide bonds. The predicted octanol–water partition coefficient (Wildman–Crippen LogP) is 6.71. The van der Waals surface area contributed by atoms with Gasteiger partial charge in [-0.25, -0.2) is 4.98 Å². The highest BCUT2D eigenvalue weighted by Gasteiger charge is 2.18. The molecular weight excluding hydrogens is 478 g/mol. The molecule has 3 aromatic carbocycles. The number of nitrogens with one attached hydrogen (secondary N) is 1. The number of aromatic nitrogens is 1. The fourth-order valence-corrected chi connectivity index (χ4v) is 4.40. The number of benzene rings is 3. The van der Waals surface area contributed by atoms with E-state index < -0.39 is 4.92 Å². The summed E-state index contributed by atoms with van der Waals surface area (Å²) < 4.78 is 0.811. The van der Waals surface area contributed by atoms with E-state index in [-0.39, 0.29) is 11.6 Å². The van der Waals surface area contributed by atoms with Gasteiger partial charge in [0.05, 0.1) is 15.5 Å². The largest absolute Gasteiger partial charge is 0.298 e. The van der Waals surface area contributed by atoms with Crippen LogP contribution >= 0.6 is 27.3 Å². The summed E-state index contributed by atoms with van der Waals surface area (Å²) in [6.45, 7) is 2.01. The van der Waals surface area contributed by atoms with E-state index in [2.05, 4.69) is 26.2 Å². The normalized spacial score (nSPS) is 10.6. The van der Waals surface area contributed by atoms with E-state index in [0.717, 1.165) is 26.0 Å². The van der Waals surface area contributed by atoms with Crippen LogP contribution in [-0.2, 0) is 0 Å². The molecule has 0 unspecified atom stereocenters. The van der Waals surface area contributed by atoms with Crippen LogP contribution in [-0.4, -0.2) is 15.8 Å². The number of amides is 1. The first kappa shape index (κ1) is 20.9. The van der Waals surface area contributed by atoms with E-state index in [1.807, 2.05) is 37.3 Å². The highest BCUT2D eigenvalue weighted by molar-refractivity contribution is 9.10. The lowest BCUT2D eigenvalue weighted by Gasteiger charge is -2.03. The molecule has 31 heavy (non-hydrogen) atoms. The van der Waals surface area contributed by atoms with Crippen molar-refractivity contribution < 1.29 is 9.72 Å². The summed E-state index contributed by atoms with van der Waals surface area (Å²) >= 11 is 4.70. The summed E-state index contributed by atoms with van der Waals surface area (Å²) in [5, 5.41) is 14.3.